The number of pyridine rings is 4. The standard InChI is InChI=1S/C44H29N7/c1-30-9-6-7-23-47-51(43-14-5-2-10-35(30)43)34-18-16-31(17-19-34)33-27-39(32-20-24-45-25-21-32)48-40(28-33)38-12-8-15-44(49-38)50-41-13-4-3-11-36(41)37-29-46-26-22-42(37)50/h2-5,7-29H,1H2/b47-23-. The highest BCUT2D eigenvalue weighted by molar-refractivity contribution is 6.08. The van der Waals surface area contributed by atoms with Crippen molar-refractivity contribution in [1.29, 1.82) is 0 Å². The zero-order chi connectivity index (χ0) is 34.1. The van der Waals surface area contributed by atoms with Gasteiger partial charge in [-0.3, -0.25) is 14.5 Å². The number of aromatic nitrogens is 5. The molecule has 0 saturated carbocycles. The number of hydrogen-bond acceptors (Lipinski definition) is 6. The number of rotatable bonds is 5. The first-order chi connectivity index (χ1) is 25.2. The molecule has 51 heavy (non-hydrogen) atoms. The van der Waals surface area contributed by atoms with Gasteiger partial charge in [-0.15, -0.1) is 5.73 Å². The molecule has 5 aromatic heterocycles. The minimum atomic E-state index is 0.768. The lowest BCUT2D eigenvalue weighted by Crippen LogP contribution is -2.10. The van der Waals surface area contributed by atoms with Crippen LogP contribution in [-0.2, 0) is 0 Å². The van der Waals surface area contributed by atoms with Crippen LogP contribution in [-0.4, -0.2) is 30.7 Å². The molecule has 7 nitrogen and oxygen atoms in total. The predicted octanol–water partition coefficient (Wildman–Crippen LogP) is 10.2. The Morgan fingerprint density at radius 2 is 1.37 bits per heavy atom. The molecule has 9 rings (SSSR count). The van der Waals surface area contributed by atoms with Gasteiger partial charge in [0.2, 0.25) is 0 Å². The molecule has 0 aliphatic carbocycles. The fraction of sp³-hybridized carbons (Fsp3) is 0. The van der Waals surface area contributed by atoms with Crippen molar-refractivity contribution >= 4 is 45.0 Å². The lowest BCUT2D eigenvalue weighted by atomic mass is 10.0. The van der Waals surface area contributed by atoms with Crippen LogP contribution in [0.5, 0.6) is 0 Å². The first kappa shape index (κ1) is 29.9. The average Bonchev–Trinajstić information content (AvgIpc) is 3.57. The van der Waals surface area contributed by atoms with Crippen molar-refractivity contribution in [3.63, 3.8) is 0 Å². The van der Waals surface area contributed by atoms with Gasteiger partial charge >= 0.3 is 0 Å². The first-order valence-electron chi connectivity index (χ1n) is 16.6. The van der Waals surface area contributed by atoms with Gasteiger partial charge in [-0.05, 0) is 89.5 Å². The van der Waals surface area contributed by atoms with Crippen molar-refractivity contribution in [2.45, 2.75) is 0 Å². The molecular formula is C44H29N7. The van der Waals surface area contributed by atoms with Crippen LogP contribution >= 0.6 is 0 Å². The van der Waals surface area contributed by atoms with E-state index >= 15 is 0 Å². The van der Waals surface area contributed by atoms with E-state index in [0.29, 0.717) is 0 Å². The second-order valence-electron chi connectivity index (χ2n) is 12.1. The van der Waals surface area contributed by atoms with Gasteiger partial charge in [0.1, 0.15) is 5.82 Å². The van der Waals surface area contributed by atoms with Crippen molar-refractivity contribution in [3.8, 4) is 39.6 Å². The molecule has 0 saturated heterocycles. The van der Waals surface area contributed by atoms with Crippen LogP contribution in [0.15, 0.2) is 176 Å². The predicted molar refractivity (Wildman–Crippen MR) is 207 cm³/mol. The Morgan fingerprint density at radius 1 is 0.588 bits per heavy atom. The van der Waals surface area contributed by atoms with Crippen molar-refractivity contribution in [2.75, 3.05) is 5.01 Å². The van der Waals surface area contributed by atoms with Crippen LogP contribution in [0.2, 0.25) is 0 Å². The Bertz CT molecular complexity index is 2650. The van der Waals surface area contributed by atoms with Gasteiger partial charge in [-0.25, -0.2) is 15.0 Å². The summed E-state index contributed by atoms with van der Waals surface area (Å²) in [7, 11) is 0. The lowest BCUT2D eigenvalue weighted by molar-refractivity contribution is 1.08. The molecule has 6 heterocycles. The Balaban J connectivity index is 1.15. The molecule has 0 fully saturated rings. The largest absolute Gasteiger partial charge is 0.294 e. The average molecular weight is 656 g/mol. The molecule has 7 heteroatoms. The third-order valence-electron chi connectivity index (χ3n) is 9.04. The molecule has 3 aromatic carbocycles. The van der Waals surface area contributed by atoms with Gasteiger partial charge in [0.25, 0.3) is 0 Å². The van der Waals surface area contributed by atoms with Gasteiger partial charge in [-0.1, -0.05) is 61.2 Å². The highest BCUT2D eigenvalue weighted by Gasteiger charge is 2.17. The maximum absolute atomic E-state index is 5.21. The second kappa shape index (κ2) is 12.7. The second-order valence-corrected chi connectivity index (χ2v) is 12.1. The van der Waals surface area contributed by atoms with E-state index in [0.717, 1.165) is 83.9 Å². The number of hydrogen-bond donors (Lipinski definition) is 0. The molecule has 0 N–H and O–H groups in total. The Kier molecular flexibility index (Phi) is 7.43. The van der Waals surface area contributed by atoms with Gasteiger partial charge in [-0.2, -0.15) is 5.10 Å². The van der Waals surface area contributed by atoms with Crippen LogP contribution in [0.4, 0.5) is 11.4 Å². The Labute approximate surface area is 294 Å². The molecule has 0 atom stereocenters. The molecular weight excluding hydrogens is 627 g/mol. The van der Waals surface area contributed by atoms with Crippen LogP contribution in [0, 0.1) is 0 Å². The molecule has 1 aliphatic rings. The van der Waals surface area contributed by atoms with Gasteiger partial charge < -0.3 is 0 Å². The maximum atomic E-state index is 5.21. The highest BCUT2D eigenvalue weighted by atomic mass is 15.5. The minimum Gasteiger partial charge on any atom is -0.294 e. The van der Waals surface area contributed by atoms with Crippen LogP contribution in [0.1, 0.15) is 5.56 Å². The van der Waals surface area contributed by atoms with E-state index < -0.39 is 0 Å². The summed E-state index contributed by atoms with van der Waals surface area (Å²) in [6.45, 7) is 4.25. The van der Waals surface area contributed by atoms with Crippen molar-refractivity contribution in [2.24, 2.45) is 5.10 Å². The molecule has 0 radical (unpaired) electrons. The SMILES string of the molecule is C=C1C=C=C/C=N\N(c2ccc(-c3cc(-c4ccncc4)nc(-c4cccc(-n5c6ccccc6c6cnccc65)n4)c3)cc2)c2ccccc21. The number of para-hydroxylation sites is 2. The number of nitrogens with zero attached hydrogens (tertiary/aromatic N) is 7. The minimum absolute atomic E-state index is 0.768. The van der Waals surface area contributed by atoms with Gasteiger partial charge in [0.05, 0.1) is 45.7 Å². The number of allylic oxidation sites excluding steroid dienone is 2. The van der Waals surface area contributed by atoms with E-state index in [1.54, 1.807) is 24.7 Å². The summed E-state index contributed by atoms with van der Waals surface area (Å²) >= 11 is 0. The fourth-order valence-electron chi connectivity index (χ4n) is 6.61. The van der Waals surface area contributed by atoms with Crippen molar-refractivity contribution in [3.05, 3.63) is 176 Å². The summed E-state index contributed by atoms with van der Waals surface area (Å²) in [4.78, 5) is 19.0. The summed E-state index contributed by atoms with van der Waals surface area (Å²) in [5.74, 6) is 0.810. The summed E-state index contributed by atoms with van der Waals surface area (Å²) in [6.07, 6.45) is 12.7. The number of benzene rings is 3. The third-order valence-corrected chi connectivity index (χ3v) is 9.04. The fourth-order valence-corrected chi connectivity index (χ4v) is 6.61. The number of hydrazone groups is 1. The molecule has 240 valence electrons. The quantitative estimate of drug-likeness (QED) is 0.173. The van der Waals surface area contributed by atoms with Crippen molar-refractivity contribution in [1.82, 2.24) is 24.5 Å². The number of anilines is 2. The molecule has 1 aliphatic heterocycles. The Morgan fingerprint density at radius 3 is 2.27 bits per heavy atom. The lowest BCUT2D eigenvalue weighted by Gasteiger charge is -2.22. The van der Waals surface area contributed by atoms with Gasteiger partial charge in [0, 0.05) is 52.8 Å². The Hall–Kier alpha value is -7.21. The summed E-state index contributed by atoms with van der Waals surface area (Å²) in [5, 5.41) is 8.92. The number of fused-ring (bicyclic) bond motifs is 4. The van der Waals surface area contributed by atoms with E-state index in [-0.39, 0.29) is 0 Å². The first-order valence-corrected chi connectivity index (χ1v) is 16.6. The molecule has 0 amide bonds. The molecule has 8 aromatic rings. The van der Waals surface area contributed by atoms with Gasteiger partial charge in [0.15, 0.2) is 0 Å². The van der Waals surface area contributed by atoms with Crippen LogP contribution in [0.25, 0.3) is 67.0 Å². The van der Waals surface area contributed by atoms with E-state index in [2.05, 4.69) is 99.6 Å². The zero-order valence-corrected chi connectivity index (χ0v) is 27.4. The van der Waals surface area contributed by atoms with E-state index in [4.69, 9.17) is 15.1 Å². The van der Waals surface area contributed by atoms with E-state index in [1.165, 1.54) is 0 Å². The van der Waals surface area contributed by atoms with Crippen LogP contribution in [0.3, 0.4) is 0 Å². The topological polar surface area (TPSA) is 72.1 Å². The molecule has 0 unspecified atom stereocenters. The normalized spacial score (nSPS) is 13.2. The summed E-state index contributed by atoms with van der Waals surface area (Å²) in [5.41, 5.74) is 14.4. The zero-order valence-electron chi connectivity index (χ0n) is 27.4. The maximum Gasteiger partial charge on any atom is 0.138 e. The van der Waals surface area contributed by atoms with E-state index in [1.807, 2.05) is 72.0 Å². The molecule has 0 bridgehead atoms. The molecule has 0 spiro atoms. The third kappa shape index (κ3) is 5.50. The smallest absolute Gasteiger partial charge is 0.138 e. The van der Waals surface area contributed by atoms with Crippen LogP contribution < -0.4 is 5.01 Å². The summed E-state index contributed by atoms with van der Waals surface area (Å²) < 4.78 is 2.19. The van der Waals surface area contributed by atoms with E-state index in [9.17, 15) is 0 Å². The van der Waals surface area contributed by atoms with Crippen molar-refractivity contribution < 1.29 is 0 Å². The summed E-state index contributed by atoms with van der Waals surface area (Å²) in [6, 6.07) is 41.2. The monoisotopic (exact) mass is 655 g/mol. The highest BCUT2D eigenvalue weighted by Crippen LogP contribution is 2.36.